The number of aliphatic hydroxyl groups excluding tert-OH is 1. The molecule has 0 radical (unpaired) electrons. The van der Waals surface area contributed by atoms with Crippen LogP contribution in [-0.4, -0.2) is 80.3 Å². The van der Waals surface area contributed by atoms with Gasteiger partial charge in [0.1, 0.15) is 39.5 Å². The summed E-state index contributed by atoms with van der Waals surface area (Å²) in [4.78, 5) is 79.0. The maximum Gasteiger partial charge on any atom is 0.271 e. The first kappa shape index (κ1) is 36.4. The number of rotatable bonds is 6. The average Bonchev–Trinajstić information content (AvgIpc) is 3.79. The Morgan fingerprint density at radius 1 is 0.830 bits per heavy atom. The first-order valence-electron chi connectivity index (χ1n) is 16.3. The summed E-state index contributed by atoms with van der Waals surface area (Å²) in [6.07, 6.45) is 1.19. The van der Waals surface area contributed by atoms with Crippen molar-refractivity contribution in [1.82, 2.24) is 36.1 Å². The molecule has 1 saturated heterocycles. The standard InChI is InChI=1S/C32H47N7O6S2/c1-8-17(6)24-28(43)38-25(18(7)40)29(44)36-23(16(4)5)32(45)39-11-9-10-22(39)31-35-20(14-47-31)26(41)33-19(12-15(2)3)30-34-21(13-46-30)27(42)37-24/h13-19,22-25,40H,8-12H2,1-7H3,(H,33,41)(H,36,44)(H,37,42)(H,38,43)/t17?,18-,19?,22-,23-,24?,25-/m0/s1. The van der Waals surface area contributed by atoms with Crippen molar-refractivity contribution in [2.24, 2.45) is 17.8 Å². The van der Waals surface area contributed by atoms with Gasteiger partial charge in [-0.2, -0.15) is 0 Å². The number of carbonyl (C=O) groups excluding carboxylic acids is 5. The molecule has 0 aromatic carbocycles. The van der Waals surface area contributed by atoms with Crippen molar-refractivity contribution < 1.29 is 29.1 Å². The third kappa shape index (κ3) is 8.54. The van der Waals surface area contributed by atoms with E-state index < -0.39 is 48.0 Å². The molecule has 4 heterocycles. The van der Waals surface area contributed by atoms with Gasteiger partial charge >= 0.3 is 0 Å². The molecule has 0 aliphatic carbocycles. The molecule has 0 saturated carbocycles. The van der Waals surface area contributed by atoms with Crippen LogP contribution in [0.3, 0.4) is 0 Å². The second-order valence-corrected chi connectivity index (χ2v) is 15.1. The minimum absolute atomic E-state index is 0.0976. The lowest BCUT2D eigenvalue weighted by atomic mass is 9.97. The number of aliphatic hydroxyl groups is 1. The molecular formula is C32H47N7O6S2. The molecule has 4 bridgehead atoms. The topological polar surface area (TPSA) is 183 Å². The van der Waals surface area contributed by atoms with Gasteiger partial charge in [-0.1, -0.05) is 48.0 Å². The van der Waals surface area contributed by atoms with Gasteiger partial charge in [0.25, 0.3) is 11.8 Å². The quantitative estimate of drug-likeness (QED) is 0.307. The van der Waals surface area contributed by atoms with E-state index in [4.69, 9.17) is 0 Å². The lowest BCUT2D eigenvalue weighted by Crippen LogP contribution is -2.61. The maximum absolute atomic E-state index is 14.0. The van der Waals surface area contributed by atoms with Crippen molar-refractivity contribution in [3.05, 3.63) is 32.2 Å². The molecule has 47 heavy (non-hydrogen) atoms. The van der Waals surface area contributed by atoms with Gasteiger partial charge in [-0.25, -0.2) is 9.97 Å². The van der Waals surface area contributed by atoms with E-state index >= 15 is 0 Å². The summed E-state index contributed by atoms with van der Waals surface area (Å²) >= 11 is 2.54. The van der Waals surface area contributed by atoms with Crippen molar-refractivity contribution in [3.8, 4) is 0 Å². The van der Waals surface area contributed by atoms with E-state index in [2.05, 4.69) is 31.2 Å². The number of fused-ring (bicyclic) bond motifs is 6. The number of thiazole rings is 2. The Bertz CT molecular complexity index is 1460. The fourth-order valence-corrected chi connectivity index (χ4v) is 7.62. The Morgan fingerprint density at radius 3 is 2.00 bits per heavy atom. The average molecular weight is 690 g/mol. The van der Waals surface area contributed by atoms with Crippen molar-refractivity contribution in [2.75, 3.05) is 6.54 Å². The van der Waals surface area contributed by atoms with E-state index in [-0.39, 0.29) is 47.0 Å². The van der Waals surface area contributed by atoms with Gasteiger partial charge in [-0.3, -0.25) is 24.0 Å². The summed E-state index contributed by atoms with van der Waals surface area (Å²) in [7, 11) is 0. The van der Waals surface area contributed by atoms with Crippen molar-refractivity contribution in [3.63, 3.8) is 0 Å². The zero-order chi connectivity index (χ0) is 34.6. The van der Waals surface area contributed by atoms with Crippen LogP contribution in [0.25, 0.3) is 0 Å². The molecule has 5 N–H and O–H groups in total. The van der Waals surface area contributed by atoms with Crippen LogP contribution in [0.5, 0.6) is 0 Å². The Morgan fingerprint density at radius 2 is 1.40 bits per heavy atom. The van der Waals surface area contributed by atoms with E-state index in [1.165, 1.54) is 29.6 Å². The molecule has 258 valence electrons. The van der Waals surface area contributed by atoms with Gasteiger partial charge in [0.15, 0.2) is 0 Å². The predicted molar refractivity (Wildman–Crippen MR) is 179 cm³/mol. The minimum Gasteiger partial charge on any atom is -0.391 e. The number of nitrogens with zero attached hydrogens (tertiary/aromatic N) is 3. The highest BCUT2D eigenvalue weighted by Crippen LogP contribution is 2.35. The first-order valence-corrected chi connectivity index (χ1v) is 18.1. The molecule has 2 aliphatic rings. The van der Waals surface area contributed by atoms with Crippen LogP contribution < -0.4 is 21.3 Å². The van der Waals surface area contributed by atoms with Gasteiger partial charge in [-0.15, -0.1) is 22.7 Å². The second kappa shape index (κ2) is 15.6. The molecule has 2 aliphatic heterocycles. The van der Waals surface area contributed by atoms with Gasteiger partial charge in [0.2, 0.25) is 17.7 Å². The molecule has 1 fully saturated rings. The minimum atomic E-state index is -1.38. The summed E-state index contributed by atoms with van der Waals surface area (Å²) in [6.45, 7) is 13.2. The molecule has 7 atom stereocenters. The fourth-order valence-electron chi connectivity index (χ4n) is 5.81. The molecule has 3 unspecified atom stereocenters. The number of hydrogen-bond donors (Lipinski definition) is 5. The smallest absolute Gasteiger partial charge is 0.271 e. The number of carbonyl (C=O) groups is 5. The number of amides is 5. The lowest BCUT2D eigenvalue weighted by molar-refractivity contribution is -0.140. The largest absolute Gasteiger partial charge is 0.391 e. The SMILES string of the molecule is CCC(C)C1NC(=O)c2csc(n2)C(CC(C)C)NC(=O)c2csc(n2)[C@@H]2CCCN2C(=O)[C@H](C(C)C)NC(=O)[C@H]([C@H](C)O)NC1=O. The normalized spacial score (nSPS) is 26.2. The molecular weight excluding hydrogens is 643 g/mol. The maximum atomic E-state index is 14.0. The fraction of sp³-hybridized carbons (Fsp3) is 0.656. The third-order valence-electron chi connectivity index (χ3n) is 8.72. The van der Waals surface area contributed by atoms with Gasteiger partial charge in [0, 0.05) is 17.3 Å². The second-order valence-electron chi connectivity index (χ2n) is 13.3. The van der Waals surface area contributed by atoms with Crippen LogP contribution in [0.4, 0.5) is 0 Å². The summed E-state index contributed by atoms with van der Waals surface area (Å²) in [5.74, 6) is -3.08. The molecule has 4 rings (SSSR count). The molecule has 2 aromatic heterocycles. The zero-order valence-electron chi connectivity index (χ0n) is 28.0. The van der Waals surface area contributed by atoms with Crippen LogP contribution >= 0.6 is 22.7 Å². The highest BCUT2D eigenvalue weighted by Gasteiger charge is 2.40. The Labute approximate surface area is 283 Å². The Hall–Kier alpha value is -3.43. The molecule has 2 aromatic rings. The summed E-state index contributed by atoms with van der Waals surface area (Å²) in [6, 6.07) is -4.22. The monoisotopic (exact) mass is 689 g/mol. The Balaban J connectivity index is 1.76. The van der Waals surface area contributed by atoms with Crippen molar-refractivity contribution in [1.29, 1.82) is 0 Å². The van der Waals surface area contributed by atoms with Gasteiger partial charge in [-0.05, 0) is 43.9 Å². The summed E-state index contributed by atoms with van der Waals surface area (Å²) in [5, 5.41) is 26.2. The zero-order valence-corrected chi connectivity index (χ0v) is 29.7. The third-order valence-corrected chi connectivity index (χ3v) is 10.6. The van der Waals surface area contributed by atoms with Crippen LogP contribution in [0, 0.1) is 17.8 Å². The number of aromatic nitrogens is 2. The van der Waals surface area contributed by atoms with E-state index in [0.717, 1.165) is 6.42 Å². The highest BCUT2D eigenvalue weighted by atomic mass is 32.1. The predicted octanol–water partition coefficient (Wildman–Crippen LogP) is 2.94. The molecule has 0 spiro atoms. The van der Waals surface area contributed by atoms with E-state index in [1.54, 1.807) is 22.6 Å². The van der Waals surface area contributed by atoms with Crippen molar-refractivity contribution >= 4 is 52.2 Å². The van der Waals surface area contributed by atoms with Gasteiger partial charge in [0.05, 0.1) is 18.2 Å². The van der Waals surface area contributed by atoms with Crippen LogP contribution in [-0.2, 0) is 14.4 Å². The lowest BCUT2D eigenvalue weighted by Gasteiger charge is -2.32. The summed E-state index contributed by atoms with van der Waals surface area (Å²) in [5.41, 5.74) is 0.327. The highest BCUT2D eigenvalue weighted by molar-refractivity contribution is 7.10. The Kier molecular flexibility index (Phi) is 12.1. The first-order chi connectivity index (χ1) is 22.2. The van der Waals surface area contributed by atoms with Gasteiger partial charge < -0.3 is 31.3 Å². The number of nitrogens with one attached hydrogen (secondary N) is 4. The summed E-state index contributed by atoms with van der Waals surface area (Å²) < 4.78 is 0. The van der Waals surface area contributed by atoms with Crippen LogP contribution in [0.15, 0.2) is 10.8 Å². The van der Waals surface area contributed by atoms with E-state index in [9.17, 15) is 29.1 Å². The molecule has 15 heteroatoms. The van der Waals surface area contributed by atoms with E-state index in [1.807, 2.05) is 34.6 Å². The van der Waals surface area contributed by atoms with Crippen LogP contribution in [0.2, 0.25) is 0 Å². The number of hydrogen-bond acceptors (Lipinski definition) is 10. The molecule has 13 nitrogen and oxygen atoms in total. The van der Waals surface area contributed by atoms with E-state index in [0.29, 0.717) is 35.8 Å². The van der Waals surface area contributed by atoms with Crippen molar-refractivity contribution in [2.45, 2.75) is 110 Å². The molecule has 5 amide bonds. The van der Waals surface area contributed by atoms with Crippen LogP contribution in [0.1, 0.15) is 117 Å².